The van der Waals surface area contributed by atoms with E-state index >= 15 is 0 Å². The third-order valence-electron chi connectivity index (χ3n) is 4.47. The highest BCUT2D eigenvalue weighted by Gasteiger charge is 2.17. The van der Waals surface area contributed by atoms with E-state index in [4.69, 9.17) is 9.47 Å². The first kappa shape index (κ1) is 22.2. The molecule has 3 rings (SSSR count). The lowest BCUT2D eigenvalue weighted by Gasteiger charge is -2.14. The Kier molecular flexibility index (Phi) is 7.56. The van der Waals surface area contributed by atoms with Gasteiger partial charge in [0.2, 0.25) is 5.91 Å². The monoisotopic (exact) mass is 436 g/mol. The van der Waals surface area contributed by atoms with E-state index in [1.807, 2.05) is 43.3 Å². The standard InChI is InChI=1S/C24H24N2O4S/c1-16(23(27)26-21-12-4-5-13-22(21)30-3)31-20-11-7-9-18(15-20)25-24(28)17-8-6-10-19(14-17)29-2/h4-16H,1-3H3,(H,25,28)(H,26,27). The fourth-order valence-corrected chi connectivity index (χ4v) is 3.78. The lowest BCUT2D eigenvalue weighted by atomic mass is 10.2. The molecule has 2 N–H and O–H groups in total. The summed E-state index contributed by atoms with van der Waals surface area (Å²) in [5, 5.41) is 5.42. The summed E-state index contributed by atoms with van der Waals surface area (Å²) in [5.74, 6) is 0.852. The minimum atomic E-state index is -0.353. The first-order valence-corrected chi connectivity index (χ1v) is 10.5. The SMILES string of the molecule is COc1cccc(C(=O)Nc2cccc(SC(C)C(=O)Nc3ccccc3OC)c2)c1. The lowest BCUT2D eigenvalue weighted by Crippen LogP contribution is -2.22. The Morgan fingerprint density at radius 1 is 0.871 bits per heavy atom. The number of thioether (sulfide) groups is 1. The largest absolute Gasteiger partial charge is 0.497 e. The maximum atomic E-state index is 12.6. The molecule has 0 radical (unpaired) electrons. The van der Waals surface area contributed by atoms with Crippen LogP contribution in [-0.4, -0.2) is 31.3 Å². The highest BCUT2D eigenvalue weighted by Crippen LogP contribution is 2.29. The maximum absolute atomic E-state index is 12.6. The van der Waals surface area contributed by atoms with E-state index in [9.17, 15) is 9.59 Å². The molecule has 1 unspecified atom stereocenters. The summed E-state index contributed by atoms with van der Waals surface area (Å²) in [6.07, 6.45) is 0. The van der Waals surface area contributed by atoms with Crippen LogP contribution in [0.1, 0.15) is 17.3 Å². The van der Waals surface area contributed by atoms with Crippen molar-refractivity contribution < 1.29 is 19.1 Å². The number of amides is 2. The van der Waals surface area contributed by atoms with Gasteiger partial charge in [0.05, 0.1) is 25.2 Å². The first-order chi connectivity index (χ1) is 15.0. The van der Waals surface area contributed by atoms with Crippen molar-refractivity contribution in [1.82, 2.24) is 0 Å². The van der Waals surface area contributed by atoms with E-state index in [0.717, 1.165) is 4.90 Å². The molecular formula is C24H24N2O4S. The van der Waals surface area contributed by atoms with Gasteiger partial charge in [0.25, 0.3) is 5.91 Å². The van der Waals surface area contributed by atoms with Crippen LogP contribution in [0.5, 0.6) is 11.5 Å². The van der Waals surface area contributed by atoms with Crippen molar-refractivity contribution in [2.45, 2.75) is 17.1 Å². The number of benzene rings is 3. The van der Waals surface area contributed by atoms with Crippen molar-refractivity contribution in [3.8, 4) is 11.5 Å². The molecule has 0 saturated heterocycles. The van der Waals surface area contributed by atoms with Crippen molar-refractivity contribution in [2.75, 3.05) is 24.9 Å². The maximum Gasteiger partial charge on any atom is 0.255 e. The van der Waals surface area contributed by atoms with E-state index in [1.165, 1.54) is 11.8 Å². The summed E-state index contributed by atoms with van der Waals surface area (Å²) in [6, 6.07) is 21.6. The molecule has 3 aromatic rings. The topological polar surface area (TPSA) is 76.7 Å². The summed E-state index contributed by atoms with van der Waals surface area (Å²) in [4.78, 5) is 26.0. The molecule has 1 atom stereocenters. The smallest absolute Gasteiger partial charge is 0.255 e. The highest BCUT2D eigenvalue weighted by molar-refractivity contribution is 8.00. The van der Waals surface area contributed by atoms with Gasteiger partial charge in [-0.25, -0.2) is 0 Å². The minimum Gasteiger partial charge on any atom is -0.497 e. The molecular weight excluding hydrogens is 412 g/mol. The van der Waals surface area contributed by atoms with Crippen LogP contribution in [0.4, 0.5) is 11.4 Å². The molecule has 0 aliphatic heterocycles. The second-order valence-electron chi connectivity index (χ2n) is 6.66. The second-order valence-corrected chi connectivity index (χ2v) is 8.08. The molecule has 2 amide bonds. The quantitative estimate of drug-likeness (QED) is 0.482. The second kappa shape index (κ2) is 10.5. The van der Waals surface area contributed by atoms with E-state index in [0.29, 0.717) is 28.4 Å². The fraction of sp³-hybridized carbons (Fsp3) is 0.167. The van der Waals surface area contributed by atoms with Crippen LogP contribution < -0.4 is 20.1 Å². The van der Waals surface area contributed by atoms with E-state index in [1.54, 1.807) is 50.6 Å². The third-order valence-corrected chi connectivity index (χ3v) is 5.56. The molecule has 0 saturated carbocycles. The van der Waals surface area contributed by atoms with Gasteiger partial charge in [-0.05, 0) is 55.5 Å². The van der Waals surface area contributed by atoms with Crippen molar-refractivity contribution in [3.63, 3.8) is 0 Å². The Labute approximate surface area is 186 Å². The van der Waals surface area contributed by atoms with Crippen LogP contribution in [0, 0.1) is 0 Å². The van der Waals surface area contributed by atoms with Crippen LogP contribution in [0.25, 0.3) is 0 Å². The van der Waals surface area contributed by atoms with Gasteiger partial charge in [-0.15, -0.1) is 11.8 Å². The van der Waals surface area contributed by atoms with Gasteiger partial charge >= 0.3 is 0 Å². The molecule has 7 heteroatoms. The molecule has 0 fully saturated rings. The molecule has 0 aliphatic carbocycles. The van der Waals surface area contributed by atoms with E-state index < -0.39 is 0 Å². The molecule has 6 nitrogen and oxygen atoms in total. The summed E-state index contributed by atoms with van der Waals surface area (Å²) in [7, 11) is 3.12. The fourth-order valence-electron chi connectivity index (χ4n) is 2.85. The number of para-hydroxylation sites is 2. The Bertz CT molecular complexity index is 1070. The van der Waals surface area contributed by atoms with Gasteiger partial charge < -0.3 is 20.1 Å². The average Bonchev–Trinajstić information content (AvgIpc) is 2.79. The summed E-state index contributed by atoms with van der Waals surface area (Å²) in [6.45, 7) is 1.83. The average molecular weight is 437 g/mol. The Balaban J connectivity index is 1.64. The lowest BCUT2D eigenvalue weighted by molar-refractivity contribution is -0.115. The van der Waals surface area contributed by atoms with Crippen molar-refractivity contribution in [2.24, 2.45) is 0 Å². The molecule has 31 heavy (non-hydrogen) atoms. The third kappa shape index (κ3) is 6.02. The summed E-state index contributed by atoms with van der Waals surface area (Å²) in [5.41, 5.74) is 1.78. The van der Waals surface area contributed by atoms with Crippen LogP contribution in [0.2, 0.25) is 0 Å². The van der Waals surface area contributed by atoms with Crippen LogP contribution in [0.3, 0.4) is 0 Å². The normalized spacial score (nSPS) is 11.3. The number of carbonyl (C=O) groups excluding carboxylic acids is 2. The van der Waals surface area contributed by atoms with Crippen molar-refractivity contribution >= 4 is 35.0 Å². The molecule has 0 aliphatic rings. The van der Waals surface area contributed by atoms with Crippen LogP contribution in [0.15, 0.2) is 77.7 Å². The molecule has 3 aromatic carbocycles. The first-order valence-electron chi connectivity index (χ1n) is 9.66. The number of rotatable bonds is 8. The number of methoxy groups -OCH3 is 2. The molecule has 0 aromatic heterocycles. The van der Waals surface area contributed by atoms with Crippen LogP contribution in [-0.2, 0) is 4.79 Å². The molecule has 0 heterocycles. The predicted octanol–water partition coefficient (Wildman–Crippen LogP) is 5.08. The molecule has 0 spiro atoms. The Morgan fingerprint density at radius 2 is 1.65 bits per heavy atom. The summed E-state index contributed by atoms with van der Waals surface area (Å²) < 4.78 is 10.4. The highest BCUT2D eigenvalue weighted by atomic mass is 32.2. The number of anilines is 2. The number of carbonyl (C=O) groups is 2. The van der Waals surface area contributed by atoms with Gasteiger partial charge in [-0.2, -0.15) is 0 Å². The predicted molar refractivity (Wildman–Crippen MR) is 124 cm³/mol. The van der Waals surface area contributed by atoms with Gasteiger partial charge in [0.1, 0.15) is 11.5 Å². The number of ether oxygens (including phenoxy) is 2. The Hall–Kier alpha value is -3.45. The number of hydrogen-bond acceptors (Lipinski definition) is 5. The van der Waals surface area contributed by atoms with Crippen molar-refractivity contribution in [3.05, 3.63) is 78.4 Å². The van der Waals surface area contributed by atoms with Crippen LogP contribution >= 0.6 is 11.8 Å². The Morgan fingerprint density at radius 3 is 2.42 bits per heavy atom. The van der Waals surface area contributed by atoms with E-state index in [2.05, 4.69) is 10.6 Å². The molecule has 160 valence electrons. The van der Waals surface area contributed by atoms with Gasteiger partial charge in [-0.1, -0.05) is 24.3 Å². The number of nitrogens with one attached hydrogen (secondary N) is 2. The molecule has 0 bridgehead atoms. The van der Waals surface area contributed by atoms with Crippen molar-refractivity contribution in [1.29, 1.82) is 0 Å². The minimum absolute atomic E-state index is 0.139. The number of hydrogen-bond donors (Lipinski definition) is 2. The zero-order valence-electron chi connectivity index (χ0n) is 17.5. The van der Waals surface area contributed by atoms with Gasteiger partial charge in [0, 0.05) is 16.1 Å². The zero-order chi connectivity index (χ0) is 22.2. The van der Waals surface area contributed by atoms with E-state index in [-0.39, 0.29) is 17.1 Å². The van der Waals surface area contributed by atoms with Gasteiger partial charge in [0.15, 0.2) is 0 Å². The van der Waals surface area contributed by atoms with Gasteiger partial charge in [-0.3, -0.25) is 9.59 Å². The zero-order valence-corrected chi connectivity index (χ0v) is 18.4. The summed E-state index contributed by atoms with van der Waals surface area (Å²) >= 11 is 1.40.